The van der Waals surface area contributed by atoms with Crippen LogP contribution in [0.2, 0.25) is 5.02 Å². The lowest BCUT2D eigenvalue weighted by molar-refractivity contribution is 0.627. The second-order valence-electron chi connectivity index (χ2n) is 8.05. The van der Waals surface area contributed by atoms with Gasteiger partial charge in [0.2, 0.25) is 0 Å². The SMILES string of the molecule is Fc1ccc(C2=CSC(N/N=C/c3cc4c([nH]c5ccccc54)c(-c4ccccc4Cl)n3)N2)cc1. The smallest absolute Gasteiger partial charge is 0.165 e. The van der Waals surface area contributed by atoms with E-state index in [4.69, 9.17) is 16.6 Å². The Labute approximate surface area is 210 Å². The molecule has 0 radical (unpaired) electrons. The van der Waals surface area contributed by atoms with Crippen molar-refractivity contribution in [1.82, 2.24) is 20.7 Å². The number of hydrazone groups is 1. The van der Waals surface area contributed by atoms with Crippen LogP contribution in [-0.4, -0.2) is 21.7 Å². The van der Waals surface area contributed by atoms with E-state index in [1.54, 1.807) is 30.1 Å². The number of para-hydroxylation sites is 1. The first-order chi connectivity index (χ1) is 17.2. The van der Waals surface area contributed by atoms with Crippen LogP contribution in [0, 0.1) is 5.82 Å². The van der Waals surface area contributed by atoms with Gasteiger partial charge in [0.25, 0.3) is 0 Å². The van der Waals surface area contributed by atoms with Gasteiger partial charge in [0, 0.05) is 21.9 Å². The molecule has 0 spiro atoms. The van der Waals surface area contributed by atoms with Crippen LogP contribution < -0.4 is 10.7 Å². The maximum Gasteiger partial charge on any atom is 0.165 e. The topological polar surface area (TPSA) is 65.1 Å². The second-order valence-corrected chi connectivity index (χ2v) is 9.44. The van der Waals surface area contributed by atoms with Crippen molar-refractivity contribution in [2.24, 2.45) is 5.10 Å². The van der Waals surface area contributed by atoms with Gasteiger partial charge in [-0.05, 0) is 53.4 Å². The zero-order valence-corrected chi connectivity index (χ0v) is 19.9. The maximum atomic E-state index is 13.2. The van der Waals surface area contributed by atoms with Crippen molar-refractivity contribution in [3.05, 3.63) is 106 Å². The number of nitrogens with one attached hydrogen (secondary N) is 3. The molecular formula is C27H19ClFN5S. The van der Waals surface area contributed by atoms with Gasteiger partial charge in [-0.3, -0.25) is 5.43 Å². The van der Waals surface area contributed by atoms with Gasteiger partial charge in [-0.15, -0.1) is 0 Å². The van der Waals surface area contributed by atoms with E-state index in [-0.39, 0.29) is 11.3 Å². The zero-order valence-electron chi connectivity index (χ0n) is 18.3. The molecule has 1 aliphatic heterocycles. The molecule has 0 bridgehead atoms. The third-order valence-electron chi connectivity index (χ3n) is 5.80. The van der Waals surface area contributed by atoms with Crippen LogP contribution in [0.4, 0.5) is 4.39 Å². The minimum Gasteiger partial charge on any atom is -0.355 e. The van der Waals surface area contributed by atoms with Crippen molar-refractivity contribution < 1.29 is 4.39 Å². The summed E-state index contributed by atoms with van der Waals surface area (Å²) in [6.45, 7) is 0. The van der Waals surface area contributed by atoms with Gasteiger partial charge in [0.15, 0.2) is 5.50 Å². The third-order valence-corrected chi connectivity index (χ3v) is 6.99. The van der Waals surface area contributed by atoms with E-state index in [9.17, 15) is 4.39 Å². The minimum absolute atomic E-state index is 0.147. The van der Waals surface area contributed by atoms with Crippen molar-refractivity contribution in [3.8, 4) is 11.3 Å². The fraction of sp³-hybridized carbons (Fsp3) is 0.0370. The molecule has 35 heavy (non-hydrogen) atoms. The van der Waals surface area contributed by atoms with E-state index >= 15 is 0 Å². The number of hydrogen-bond acceptors (Lipinski definition) is 5. The van der Waals surface area contributed by atoms with Crippen molar-refractivity contribution in [1.29, 1.82) is 0 Å². The molecule has 3 N–H and O–H groups in total. The summed E-state index contributed by atoms with van der Waals surface area (Å²) in [4.78, 5) is 8.38. The van der Waals surface area contributed by atoms with Gasteiger partial charge in [0.1, 0.15) is 5.82 Å². The molecule has 0 amide bonds. The minimum atomic E-state index is -0.255. The van der Waals surface area contributed by atoms with E-state index in [0.29, 0.717) is 10.7 Å². The molecular weight excluding hydrogens is 481 g/mol. The summed E-state index contributed by atoms with van der Waals surface area (Å²) in [6, 6.07) is 24.3. The Balaban J connectivity index is 1.29. The normalized spacial score (nSPS) is 15.6. The highest BCUT2D eigenvalue weighted by Gasteiger charge is 2.17. The number of benzene rings is 3. The Morgan fingerprint density at radius 1 is 1.00 bits per heavy atom. The molecule has 0 saturated heterocycles. The van der Waals surface area contributed by atoms with Crippen molar-refractivity contribution >= 4 is 57.1 Å². The lowest BCUT2D eigenvalue weighted by Crippen LogP contribution is -2.31. The third kappa shape index (κ3) is 4.24. The summed E-state index contributed by atoms with van der Waals surface area (Å²) in [5.41, 5.74) is 9.12. The molecule has 1 aliphatic rings. The van der Waals surface area contributed by atoms with Crippen molar-refractivity contribution in [2.45, 2.75) is 5.50 Å². The van der Waals surface area contributed by atoms with Gasteiger partial charge in [0.05, 0.1) is 33.8 Å². The fourth-order valence-corrected chi connectivity index (χ4v) is 5.16. The Hall–Kier alpha value is -3.81. The molecule has 8 heteroatoms. The van der Waals surface area contributed by atoms with Crippen LogP contribution >= 0.6 is 23.4 Å². The van der Waals surface area contributed by atoms with E-state index in [1.165, 1.54) is 12.1 Å². The molecule has 5 aromatic rings. The number of rotatable bonds is 5. The maximum absolute atomic E-state index is 13.2. The van der Waals surface area contributed by atoms with E-state index in [1.807, 2.05) is 47.9 Å². The summed E-state index contributed by atoms with van der Waals surface area (Å²) in [6.07, 6.45) is 1.71. The summed E-state index contributed by atoms with van der Waals surface area (Å²) in [7, 11) is 0. The highest BCUT2D eigenvalue weighted by Crippen LogP contribution is 2.35. The molecule has 172 valence electrons. The van der Waals surface area contributed by atoms with Crippen LogP contribution in [0.5, 0.6) is 0 Å². The number of nitrogens with zero attached hydrogens (tertiary/aromatic N) is 2. The number of H-pyrrole nitrogens is 1. The average molecular weight is 500 g/mol. The lowest BCUT2D eigenvalue weighted by atomic mass is 10.1. The standard InChI is InChI=1S/C27H19ClFN5S/c28-22-7-3-1-6-20(22)25-26-21(19-5-2-4-8-23(19)32-26)13-18(31-25)14-30-34-27-33-24(15-35-27)16-9-11-17(29)12-10-16/h1-15,27,32-34H/b30-14+. The van der Waals surface area contributed by atoms with Crippen molar-refractivity contribution in [3.63, 3.8) is 0 Å². The lowest BCUT2D eigenvalue weighted by Gasteiger charge is -2.12. The number of hydrogen-bond donors (Lipinski definition) is 3. The number of pyridine rings is 1. The largest absolute Gasteiger partial charge is 0.355 e. The molecule has 1 atom stereocenters. The quantitative estimate of drug-likeness (QED) is 0.185. The number of fused-ring (bicyclic) bond motifs is 3. The molecule has 5 nitrogen and oxygen atoms in total. The highest BCUT2D eigenvalue weighted by molar-refractivity contribution is 8.03. The molecule has 3 heterocycles. The first-order valence-electron chi connectivity index (χ1n) is 11.0. The Morgan fingerprint density at radius 3 is 2.66 bits per heavy atom. The van der Waals surface area contributed by atoms with Crippen LogP contribution in [-0.2, 0) is 0 Å². The Bertz CT molecular complexity index is 1610. The molecule has 3 aromatic carbocycles. The van der Waals surface area contributed by atoms with Crippen LogP contribution in [0.25, 0.3) is 38.8 Å². The molecule has 2 aromatic heterocycles. The summed E-state index contributed by atoms with van der Waals surface area (Å²) in [5.74, 6) is -0.255. The van der Waals surface area contributed by atoms with E-state index < -0.39 is 0 Å². The van der Waals surface area contributed by atoms with E-state index in [0.717, 1.165) is 44.3 Å². The zero-order chi connectivity index (χ0) is 23.8. The summed E-state index contributed by atoms with van der Waals surface area (Å²) < 4.78 is 13.2. The number of halogens is 2. The van der Waals surface area contributed by atoms with Crippen molar-refractivity contribution in [2.75, 3.05) is 0 Å². The Kier molecular flexibility index (Phi) is 5.64. The van der Waals surface area contributed by atoms with Crippen LogP contribution in [0.3, 0.4) is 0 Å². The van der Waals surface area contributed by atoms with Gasteiger partial charge < -0.3 is 10.3 Å². The highest BCUT2D eigenvalue weighted by atomic mass is 35.5. The summed E-state index contributed by atoms with van der Waals surface area (Å²) in [5, 5.41) is 12.6. The van der Waals surface area contributed by atoms with Crippen LogP contribution in [0.15, 0.2) is 89.4 Å². The first kappa shape index (κ1) is 21.7. The fourth-order valence-electron chi connectivity index (χ4n) is 4.14. The predicted octanol–water partition coefficient (Wildman–Crippen LogP) is 6.72. The van der Waals surface area contributed by atoms with Gasteiger partial charge in [-0.1, -0.05) is 59.8 Å². The molecule has 6 rings (SSSR count). The molecule has 1 unspecified atom stereocenters. The first-order valence-corrected chi connectivity index (χ1v) is 12.3. The number of aromatic amines is 1. The monoisotopic (exact) mass is 499 g/mol. The predicted molar refractivity (Wildman–Crippen MR) is 144 cm³/mol. The molecule has 0 saturated carbocycles. The average Bonchev–Trinajstić information content (AvgIpc) is 3.50. The Morgan fingerprint density at radius 2 is 1.80 bits per heavy atom. The summed E-state index contributed by atoms with van der Waals surface area (Å²) >= 11 is 8.09. The molecule has 0 aliphatic carbocycles. The number of thioether (sulfide) groups is 1. The van der Waals surface area contributed by atoms with E-state index in [2.05, 4.69) is 33.0 Å². The van der Waals surface area contributed by atoms with Crippen LogP contribution in [0.1, 0.15) is 11.3 Å². The number of aromatic nitrogens is 2. The van der Waals surface area contributed by atoms with Gasteiger partial charge in [-0.25, -0.2) is 9.37 Å². The molecule has 0 fully saturated rings. The van der Waals surface area contributed by atoms with Gasteiger partial charge >= 0.3 is 0 Å². The second kappa shape index (κ2) is 9.09. The van der Waals surface area contributed by atoms with Gasteiger partial charge in [-0.2, -0.15) is 5.10 Å².